The molecule has 0 unspecified atom stereocenters. The Morgan fingerprint density at radius 3 is 1.25 bits per heavy atom. The Labute approximate surface area is 66.5 Å². The van der Waals surface area contributed by atoms with Crippen LogP contribution in [-0.2, 0) is 33.0 Å². The van der Waals surface area contributed by atoms with Crippen LogP contribution in [0, 0.1) is 0 Å². The van der Waals surface area contributed by atoms with Crippen molar-refractivity contribution in [3.05, 3.63) is 0 Å². The summed E-state index contributed by atoms with van der Waals surface area (Å²) in [6.07, 6.45) is 0. The van der Waals surface area contributed by atoms with E-state index in [-0.39, 0.29) is 33.0 Å². The van der Waals surface area contributed by atoms with Crippen LogP contribution in [0.15, 0.2) is 0 Å². The normalized spacial score (nSPS) is 2.50. The van der Waals surface area contributed by atoms with E-state index in [9.17, 15) is 0 Å². The zero-order valence-electron chi connectivity index (χ0n) is 1.76. The van der Waals surface area contributed by atoms with Crippen LogP contribution in [0.4, 0.5) is 0 Å². The second-order valence-electron chi connectivity index (χ2n) is 0.101. The van der Waals surface area contributed by atoms with E-state index in [2.05, 4.69) is 35.3 Å². The molecule has 0 aromatic heterocycles. The second-order valence-corrected chi connectivity index (χ2v) is 39.9. The average Bonchev–Trinajstić information content (AvgIpc) is 0.918. The summed E-state index contributed by atoms with van der Waals surface area (Å²) in [5.74, 6) is 0. The number of halogens is 2. The van der Waals surface area contributed by atoms with Gasteiger partial charge in [0.25, 0.3) is 0 Å². The van der Waals surface area contributed by atoms with Crippen molar-refractivity contribution in [1.29, 1.82) is 0 Å². The molecule has 0 amide bonds. The molecule has 0 aliphatic rings. The van der Waals surface area contributed by atoms with Crippen molar-refractivity contribution in [3.8, 4) is 0 Å². The van der Waals surface area contributed by atoms with E-state index in [4.69, 9.17) is 0 Å². The molecule has 0 radical (unpaired) electrons. The minimum absolute atomic E-state index is 0. The fraction of sp³-hybridized carbons (Fsp3) is 0. The molecule has 0 aromatic carbocycles. The van der Waals surface area contributed by atoms with Gasteiger partial charge in [-0.1, -0.05) is 0 Å². The number of hydrogen-bond donors (Lipinski definition) is 0. The third-order valence-corrected chi connectivity index (χ3v) is 0. The zero-order chi connectivity index (χ0) is 2.71. The van der Waals surface area contributed by atoms with Crippen molar-refractivity contribution >= 4 is 35.3 Å². The van der Waals surface area contributed by atoms with Gasteiger partial charge in [0.2, 0.25) is 0 Å². The van der Waals surface area contributed by atoms with Crippen LogP contribution in [0.2, 0.25) is 0 Å². The van der Waals surface area contributed by atoms with E-state index in [1.54, 1.807) is 0 Å². The van der Waals surface area contributed by atoms with Gasteiger partial charge in [-0.3, -0.25) is 0 Å². The molecule has 26 valence electrons. The number of rotatable bonds is 0. The molecular weight excluding hydrogens is 518 g/mol. The second kappa shape index (κ2) is 9.32. The maximum absolute atomic E-state index is 2.50. The Morgan fingerprint density at radius 1 is 1.25 bits per heavy atom. The Balaban J connectivity index is 0. The van der Waals surface area contributed by atoms with Crippen LogP contribution in [0.25, 0.3) is 0 Å². The van der Waals surface area contributed by atoms with Crippen molar-refractivity contribution in [1.82, 2.24) is 0 Å². The predicted octanol–water partition coefficient (Wildman–Crippen LogP) is 1.77. The Kier molecular flexibility index (Phi) is 23.3. The average molecular weight is 518 g/mol. The van der Waals surface area contributed by atoms with Crippen molar-refractivity contribution < 1.29 is 33.0 Å². The van der Waals surface area contributed by atoms with Crippen LogP contribution >= 0.6 is 35.3 Å². The molecule has 0 aliphatic heterocycles. The minimum atomic E-state index is -0.143. The summed E-state index contributed by atoms with van der Waals surface area (Å²) >= 11 is 4.85. The summed E-state index contributed by atoms with van der Waals surface area (Å²) in [5, 5.41) is 0. The van der Waals surface area contributed by atoms with Gasteiger partial charge in [-0.15, -0.1) is 0 Å². The van der Waals surface area contributed by atoms with Gasteiger partial charge in [-0.2, -0.15) is 0 Å². The molecule has 0 rings (SSSR count). The van der Waals surface area contributed by atoms with E-state index in [0.717, 1.165) is 0 Å². The molecule has 0 saturated carbocycles. The monoisotopic (exact) mass is 519 g/mol. The van der Waals surface area contributed by atoms with Gasteiger partial charge in [0.1, 0.15) is 0 Å². The Morgan fingerprint density at radius 2 is 1.25 bits per heavy atom. The first-order valence-electron chi connectivity index (χ1n) is 0.535. The van der Waals surface area contributed by atoms with E-state index in [0.29, 0.717) is 0 Å². The van der Waals surface area contributed by atoms with Gasteiger partial charge in [0.15, 0.2) is 0 Å². The van der Waals surface area contributed by atoms with Crippen molar-refractivity contribution in [2.24, 2.45) is 0 Å². The summed E-state index contributed by atoms with van der Waals surface area (Å²) in [5.41, 5.74) is 0. The van der Waals surface area contributed by atoms with Gasteiger partial charge >= 0.3 is 68.3 Å². The van der Waals surface area contributed by atoms with E-state index >= 15 is 0 Å². The first-order valence-corrected chi connectivity index (χ1v) is 31.5. The number of hydrogen-bond acceptors (Lipinski definition) is 0. The quantitative estimate of drug-likeness (QED) is 0.339. The van der Waals surface area contributed by atoms with E-state index in [1.807, 2.05) is 0 Å². The Hall–Kier alpha value is 2.91. The molecule has 0 aromatic rings. The molecule has 0 saturated heterocycles. The van der Waals surface area contributed by atoms with Crippen LogP contribution in [0.5, 0.6) is 0 Å². The molecule has 0 nitrogen and oxygen atoms in total. The standard InChI is InChI=1S/Cu.Hg.2HI/h;;2*1H/q+1;+2;;/p-2. The molecule has 0 fully saturated rings. The van der Waals surface area contributed by atoms with Crippen LogP contribution in [-0.4, -0.2) is 0 Å². The van der Waals surface area contributed by atoms with Crippen molar-refractivity contribution in [2.75, 3.05) is 0 Å². The molecule has 4 heteroatoms. The molecule has 0 atom stereocenters. The third-order valence-electron chi connectivity index (χ3n) is 0. The summed E-state index contributed by atoms with van der Waals surface area (Å²) in [6.45, 7) is 0. The summed E-state index contributed by atoms with van der Waals surface area (Å²) in [6, 6.07) is 0. The third kappa shape index (κ3) is 8.87. The molecule has 0 heterocycles. The SMILES string of the molecule is [Cu+].[I][Hg][I]. The first kappa shape index (κ1) is 10.0. The van der Waals surface area contributed by atoms with Gasteiger partial charge in [0, 0.05) is 0 Å². The van der Waals surface area contributed by atoms with Crippen LogP contribution in [0.3, 0.4) is 0 Å². The first-order chi connectivity index (χ1) is 1.41. The van der Waals surface area contributed by atoms with Gasteiger partial charge in [-0.05, 0) is 0 Å². The van der Waals surface area contributed by atoms with Gasteiger partial charge in [-0.25, -0.2) is 0 Å². The van der Waals surface area contributed by atoms with Gasteiger partial charge in [0.05, 0.1) is 0 Å². The van der Waals surface area contributed by atoms with Crippen molar-refractivity contribution in [3.63, 3.8) is 0 Å². The molecule has 4 heavy (non-hydrogen) atoms. The van der Waals surface area contributed by atoms with Crippen LogP contribution < -0.4 is 0 Å². The summed E-state index contributed by atoms with van der Waals surface area (Å²) < 4.78 is 0. The molecule has 0 aliphatic carbocycles. The summed E-state index contributed by atoms with van der Waals surface area (Å²) in [4.78, 5) is 0. The fourth-order valence-corrected chi connectivity index (χ4v) is 0. The van der Waals surface area contributed by atoms with E-state index < -0.39 is 0 Å². The molecule has 0 bridgehead atoms. The van der Waals surface area contributed by atoms with E-state index in [1.165, 1.54) is 0 Å². The molecular formula is CuHgI2+. The summed E-state index contributed by atoms with van der Waals surface area (Å²) in [7, 11) is 0. The molecule has 0 N–H and O–H groups in total. The maximum atomic E-state index is 2.50. The van der Waals surface area contributed by atoms with Gasteiger partial charge < -0.3 is 0 Å². The predicted molar refractivity (Wildman–Crippen MR) is 28.0 cm³/mol. The Bertz CT molecular complexity index is 6.00. The zero-order valence-corrected chi connectivity index (χ0v) is 12.5. The van der Waals surface area contributed by atoms with Crippen molar-refractivity contribution in [2.45, 2.75) is 0 Å². The fourth-order valence-electron chi connectivity index (χ4n) is 0. The molecule has 0 spiro atoms. The van der Waals surface area contributed by atoms with Crippen LogP contribution in [0.1, 0.15) is 0 Å². The topological polar surface area (TPSA) is 0 Å².